The van der Waals surface area contributed by atoms with Crippen LogP contribution in [0.25, 0.3) is 6.08 Å². The van der Waals surface area contributed by atoms with E-state index in [1.807, 2.05) is 0 Å². The van der Waals surface area contributed by atoms with Gasteiger partial charge in [0, 0.05) is 18.2 Å². The molecule has 33 heavy (non-hydrogen) atoms. The molecule has 2 aromatic carbocycles. The highest BCUT2D eigenvalue weighted by Crippen LogP contribution is 2.36. The van der Waals surface area contributed by atoms with Crippen LogP contribution in [0, 0.1) is 0 Å². The van der Waals surface area contributed by atoms with Crippen molar-refractivity contribution >= 4 is 27.8 Å². The minimum absolute atomic E-state index is 0.181. The first-order chi connectivity index (χ1) is 15.4. The SMILES string of the molecule is COc1cc(OC)c(C=CS(=O)(=O)Nc2ccc(OC)c(OC(=O)C(F)(F)F)c2)c(OC)c1. The summed E-state index contributed by atoms with van der Waals surface area (Å²) in [6, 6.07) is 6.27. The Kier molecular flexibility index (Phi) is 8.03. The van der Waals surface area contributed by atoms with Crippen LogP contribution in [0.5, 0.6) is 28.7 Å². The number of carbonyl (C=O) groups is 1. The molecule has 0 amide bonds. The topological polar surface area (TPSA) is 109 Å². The molecule has 1 N–H and O–H groups in total. The molecular formula is C20H20F3NO8S. The number of ether oxygens (including phenoxy) is 5. The standard InChI is InChI=1S/C20H20F3NO8S/c1-28-13-10-16(30-3)14(17(11-13)31-4)7-8-33(26,27)24-12-5-6-15(29-2)18(9-12)32-19(25)20(21,22)23/h5-11,24H,1-4H3. The van der Waals surface area contributed by atoms with Crippen LogP contribution in [0.15, 0.2) is 35.7 Å². The molecule has 9 nitrogen and oxygen atoms in total. The van der Waals surface area contributed by atoms with Gasteiger partial charge in [-0.3, -0.25) is 4.72 Å². The molecule has 0 aliphatic heterocycles. The second kappa shape index (κ2) is 10.3. The minimum atomic E-state index is -5.25. The molecule has 180 valence electrons. The number of hydrogen-bond donors (Lipinski definition) is 1. The van der Waals surface area contributed by atoms with Crippen molar-refractivity contribution in [2.24, 2.45) is 0 Å². The highest BCUT2D eigenvalue weighted by atomic mass is 32.2. The molecule has 2 aromatic rings. The molecule has 0 radical (unpaired) electrons. The van der Waals surface area contributed by atoms with Crippen LogP contribution in [0.4, 0.5) is 18.9 Å². The van der Waals surface area contributed by atoms with Gasteiger partial charge in [0.2, 0.25) is 0 Å². The Morgan fingerprint density at radius 2 is 1.45 bits per heavy atom. The second-order valence-electron chi connectivity index (χ2n) is 6.15. The molecule has 0 spiro atoms. The second-order valence-corrected chi connectivity index (χ2v) is 7.71. The van der Waals surface area contributed by atoms with E-state index in [-0.39, 0.29) is 22.9 Å². The normalized spacial score (nSPS) is 11.7. The summed E-state index contributed by atoms with van der Waals surface area (Å²) >= 11 is 0. The lowest BCUT2D eigenvalue weighted by Crippen LogP contribution is -2.28. The molecule has 0 fully saturated rings. The molecule has 0 aliphatic rings. The fourth-order valence-corrected chi connectivity index (χ4v) is 3.37. The van der Waals surface area contributed by atoms with Crippen LogP contribution in [-0.4, -0.2) is 49.0 Å². The predicted molar refractivity (Wildman–Crippen MR) is 112 cm³/mol. The first-order valence-corrected chi connectivity index (χ1v) is 10.5. The third-order valence-corrected chi connectivity index (χ3v) is 5.04. The maximum atomic E-state index is 12.5. The van der Waals surface area contributed by atoms with Crippen molar-refractivity contribution in [3.63, 3.8) is 0 Å². The first kappa shape index (κ1) is 25.6. The number of halogens is 3. The highest BCUT2D eigenvalue weighted by Gasteiger charge is 2.41. The lowest BCUT2D eigenvalue weighted by Gasteiger charge is -2.13. The average Bonchev–Trinajstić information content (AvgIpc) is 2.76. The van der Waals surface area contributed by atoms with Crippen molar-refractivity contribution in [3.8, 4) is 28.7 Å². The molecule has 0 unspecified atom stereocenters. The number of sulfonamides is 1. The lowest BCUT2D eigenvalue weighted by atomic mass is 10.1. The smallest absolute Gasteiger partial charge is 0.491 e. The summed E-state index contributed by atoms with van der Waals surface area (Å²) in [7, 11) is 1.16. The van der Waals surface area contributed by atoms with Gasteiger partial charge in [-0.15, -0.1) is 0 Å². The summed E-state index contributed by atoms with van der Waals surface area (Å²) in [5.41, 5.74) is 0.111. The monoisotopic (exact) mass is 491 g/mol. The largest absolute Gasteiger partial charge is 0.496 e. The number of alkyl halides is 3. The number of benzene rings is 2. The Hall–Kier alpha value is -3.61. The number of methoxy groups -OCH3 is 4. The zero-order valence-corrected chi connectivity index (χ0v) is 18.7. The number of nitrogens with one attached hydrogen (secondary N) is 1. The fraction of sp³-hybridized carbons (Fsp3) is 0.250. The van der Waals surface area contributed by atoms with Crippen molar-refractivity contribution in [1.29, 1.82) is 0 Å². The van der Waals surface area contributed by atoms with Crippen LogP contribution >= 0.6 is 0 Å². The third kappa shape index (κ3) is 6.68. The molecule has 13 heteroatoms. The first-order valence-electron chi connectivity index (χ1n) is 8.92. The Labute approximate surface area is 187 Å². The van der Waals surface area contributed by atoms with Gasteiger partial charge < -0.3 is 23.7 Å². The van der Waals surface area contributed by atoms with Crippen LogP contribution < -0.4 is 28.4 Å². The zero-order valence-electron chi connectivity index (χ0n) is 17.8. The molecule has 0 bridgehead atoms. The summed E-state index contributed by atoms with van der Waals surface area (Å²) in [6.07, 6.45) is -4.05. The van der Waals surface area contributed by atoms with Gasteiger partial charge in [0.25, 0.3) is 10.0 Å². The number of hydrogen-bond acceptors (Lipinski definition) is 8. The van der Waals surface area contributed by atoms with Crippen LogP contribution in [0.1, 0.15) is 5.56 Å². The Balaban J connectivity index is 2.34. The summed E-state index contributed by atoms with van der Waals surface area (Å²) in [5.74, 6) is -2.37. The van der Waals surface area contributed by atoms with Crippen molar-refractivity contribution < 1.29 is 50.1 Å². The molecule has 0 aromatic heterocycles. The highest BCUT2D eigenvalue weighted by molar-refractivity contribution is 7.95. The van der Waals surface area contributed by atoms with Gasteiger partial charge in [0.1, 0.15) is 17.2 Å². The van der Waals surface area contributed by atoms with Crippen molar-refractivity contribution in [2.45, 2.75) is 6.18 Å². The van der Waals surface area contributed by atoms with Gasteiger partial charge >= 0.3 is 12.1 Å². The summed E-state index contributed by atoms with van der Waals surface area (Å²) < 4.78 is 89.4. The molecular weight excluding hydrogens is 471 g/mol. The third-order valence-electron chi connectivity index (χ3n) is 4.02. The quantitative estimate of drug-likeness (QED) is 0.419. The van der Waals surface area contributed by atoms with Gasteiger partial charge in [-0.1, -0.05) is 0 Å². The lowest BCUT2D eigenvalue weighted by molar-refractivity contribution is -0.189. The van der Waals surface area contributed by atoms with Crippen LogP contribution in [0.2, 0.25) is 0 Å². The summed E-state index contributed by atoms with van der Waals surface area (Å²) in [4.78, 5) is 11.1. The Morgan fingerprint density at radius 1 is 0.879 bits per heavy atom. The zero-order chi connectivity index (χ0) is 24.8. The Morgan fingerprint density at radius 3 is 1.94 bits per heavy atom. The molecule has 0 atom stereocenters. The minimum Gasteiger partial charge on any atom is -0.496 e. The van der Waals surface area contributed by atoms with Gasteiger partial charge in [-0.05, 0) is 18.2 Å². The summed E-state index contributed by atoms with van der Waals surface area (Å²) in [5, 5.41) is 0.797. The molecule has 0 saturated carbocycles. The van der Waals surface area contributed by atoms with E-state index in [1.54, 1.807) is 0 Å². The maximum Gasteiger partial charge on any atom is 0.491 e. The van der Waals surface area contributed by atoms with E-state index in [1.165, 1.54) is 45.6 Å². The maximum absolute atomic E-state index is 12.5. The van der Waals surface area contributed by atoms with Crippen molar-refractivity contribution in [1.82, 2.24) is 0 Å². The van der Waals surface area contributed by atoms with Gasteiger partial charge in [-0.2, -0.15) is 13.2 Å². The number of carbonyl (C=O) groups excluding carboxylic acids is 1. The van der Waals surface area contributed by atoms with Gasteiger partial charge in [0.15, 0.2) is 11.5 Å². The van der Waals surface area contributed by atoms with Crippen LogP contribution in [-0.2, 0) is 14.8 Å². The average molecular weight is 491 g/mol. The molecule has 2 rings (SSSR count). The Bertz CT molecular complexity index is 1120. The number of anilines is 1. The van der Waals surface area contributed by atoms with Crippen molar-refractivity contribution in [2.75, 3.05) is 33.2 Å². The molecule has 0 saturated heterocycles. The summed E-state index contributed by atoms with van der Waals surface area (Å²) in [6.45, 7) is 0. The van der Waals surface area contributed by atoms with E-state index in [0.717, 1.165) is 24.7 Å². The van der Waals surface area contributed by atoms with Crippen molar-refractivity contribution in [3.05, 3.63) is 41.3 Å². The van der Waals surface area contributed by atoms with E-state index < -0.39 is 27.9 Å². The fourth-order valence-electron chi connectivity index (χ4n) is 2.53. The van der Waals surface area contributed by atoms with Gasteiger partial charge in [-0.25, -0.2) is 13.2 Å². The van der Waals surface area contributed by atoms with E-state index in [0.29, 0.717) is 11.3 Å². The van der Waals surface area contributed by atoms with E-state index in [4.69, 9.17) is 18.9 Å². The van der Waals surface area contributed by atoms with Crippen LogP contribution in [0.3, 0.4) is 0 Å². The number of rotatable bonds is 9. The molecule has 0 aliphatic carbocycles. The van der Waals surface area contributed by atoms with Gasteiger partial charge in [0.05, 0.1) is 45.1 Å². The van der Waals surface area contributed by atoms with E-state index in [9.17, 15) is 26.4 Å². The van der Waals surface area contributed by atoms with E-state index >= 15 is 0 Å². The number of esters is 1. The molecule has 0 heterocycles. The van der Waals surface area contributed by atoms with E-state index in [2.05, 4.69) is 9.46 Å². The predicted octanol–water partition coefficient (Wildman–Crippen LogP) is 3.60.